The Labute approximate surface area is 148 Å². The molecule has 1 aromatic heterocycles. The lowest BCUT2D eigenvalue weighted by Crippen LogP contribution is -2.44. The first-order chi connectivity index (χ1) is 12.2. The smallest absolute Gasteiger partial charge is 0.233 e. The molecule has 1 N–H and O–H groups in total. The summed E-state index contributed by atoms with van der Waals surface area (Å²) in [7, 11) is 0. The maximum absolute atomic E-state index is 13.1. The van der Waals surface area contributed by atoms with Gasteiger partial charge in [-0.05, 0) is 37.2 Å². The third-order valence-electron chi connectivity index (χ3n) is 5.76. The predicted octanol–water partition coefficient (Wildman–Crippen LogP) is 2.88. The lowest BCUT2D eigenvalue weighted by Gasteiger charge is -2.34. The van der Waals surface area contributed by atoms with E-state index in [0.29, 0.717) is 11.8 Å². The predicted molar refractivity (Wildman–Crippen MR) is 96.1 cm³/mol. The van der Waals surface area contributed by atoms with E-state index in [-0.39, 0.29) is 5.41 Å². The Morgan fingerprint density at radius 1 is 1.24 bits per heavy atom. The fourth-order valence-corrected chi connectivity index (χ4v) is 4.01. The van der Waals surface area contributed by atoms with Gasteiger partial charge in [-0.2, -0.15) is 5.10 Å². The van der Waals surface area contributed by atoms with Crippen molar-refractivity contribution in [3.05, 3.63) is 47.5 Å². The molecule has 1 aromatic carbocycles. The molecule has 0 unspecified atom stereocenters. The van der Waals surface area contributed by atoms with Crippen molar-refractivity contribution in [3.8, 4) is 0 Å². The third kappa shape index (κ3) is 3.20. The molecule has 0 bridgehead atoms. The molecule has 25 heavy (non-hydrogen) atoms. The van der Waals surface area contributed by atoms with Crippen molar-refractivity contribution in [1.29, 1.82) is 0 Å². The van der Waals surface area contributed by atoms with Crippen LogP contribution in [0.4, 0.5) is 0 Å². The Morgan fingerprint density at radius 2 is 1.96 bits per heavy atom. The molecular weight excluding hydrogens is 312 g/mol. The number of aryl methyl sites for hydroxylation is 1. The number of hydrogen-bond acceptors (Lipinski definition) is 3. The number of benzene rings is 1. The number of nitrogens with zero attached hydrogens (tertiary/aromatic N) is 3. The quantitative estimate of drug-likeness (QED) is 0.912. The lowest BCUT2D eigenvalue weighted by atomic mass is 9.90. The summed E-state index contributed by atoms with van der Waals surface area (Å²) in [6.07, 6.45) is 5.91. The molecule has 2 fully saturated rings. The van der Waals surface area contributed by atoms with Crippen molar-refractivity contribution >= 4 is 5.91 Å². The fourth-order valence-electron chi connectivity index (χ4n) is 4.01. The standard InChI is InChI=1S/C20H26N4O/c1-2-17-21-18(23-22-17)14-15-8-12-24(13-9-15)19(25)20(10-11-20)16-6-4-3-5-7-16/h3-7,15H,2,8-14H2,1H3,(H,21,22,23). The van der Waals surface area contributed by atoms with E-state index in [2.05, 4.69) is 39.1 Å². The molecule has 5 nitrogen and oxygen atoms in total. The molecule has 0 atom stereocenters. The molecule has 0 radical (unpaired) electrons. The van der Waals surface area contributed by atoms with Gasteiger partial charge in [0.05, 0.1) is 5.41 Å². The van der Waals surface area contributed by atoms with Crippen LogP contribution in [0.2, 0.25) is 0 Å². The largest absolute Gasteiger partial charge is 0.342 e. The van der Waals surface area contributed by atoms with Crippen LogP contribution in [-0.2, 0) is 23.1 Å². The molecule has 4 rings (SSSR count). The van der Waals surface area contributed by atoms with Crippen molar-refractivity contribution in [2.24, 2.45) is 5.92 Å². The van der Waals surface area contributed by atoms with Gasteiger partial charge in [0.25, 0.3) is 0 Å². The zero-order valence-corrected chi connectivity index (χ0v) is 14.9. The highest BCUT2D eigenvalue weighted by Crippen LogP contribution is 2.49. The van der Waals surface area contributed by atoms with Crippen molar-refractivity contribution < 1.29 is 4.79 Å². The highest BCUT2D eigenvalue weighted by Gasteiger charge is 2.53. The summed E-state index contributed by atoms with van der Waals surface area (Å²) in [5, 5.41) is 7.27. The second-order valence-electron chi connectivity index (χ2n) is 7.44. The normalized spacial score (nSPS) is 19.8. The number of rotatable bonds is 5. The van der Waals surface area contributed by atoms with E-state index in [0.717, 1.165) is 63.3 Å². The van der Waals surface area contributed by atoms with Gasteiger partial charge in [0.1, 0.15) is 11.6 Å². The molecule has 1 aliphatic heterocycles. The van der Waals surface area contributed by atoms with Crippen LogP contribution in [0.25, 0.3) is 0 Å². The van der Waals surface area contributed by atoms with Crippen LogP contribution in [-0.4, -0.2) is 39.1 Å². The van der Waals surface area contributed by atoms with Gasteiger partial charge in [0.2, 0.25) is 5.91 Å². The summed E-state index contributed by atoms with van der Waals surface area (Å²) in [6.45, 7) is 3.80. The summed E-state index contributed by atoms with van der Waals surface area (Å²) < 4.78 is 0. The van der Waals surface area contributed by atoms with Gasteiger partial charge in [0.15, 0.2) is 0 Å². The molecule has 1 saturated carbocycles. The second-order valence-corrected chi connectivity index (χ2v) is 7.44. The van der Waals surface area contributed by atoms with Gasteiger partial charge in [-0.15, -0.1) is 0 Å². The van der Waals surface area contributed by atoms with Gasteiger partial charge < -0.3 is 4.90 Å². The monoisotopic (exact) mass is 338 g/mol. The SMILES string of the molecule is CCc1n[nH]c(CC2CCN(C(=O)C3(c4ccccc4)CC3)CC2)n1. The first kappa shape index (κ1) is 16.3. The maximum atomic E-state index is 13.1. The van der Waals surface area contributed by atoms with E-state index in [1.165, 1.54) is 5.56 Å². The maximum Gasteiger partial charge on any atom is 0.233 e. The number of hydrogen-bond donors (Lipinski definition) is 1. The topological polar surface area (TPSA) is 61.9 Å². The number of amides is 1. The average molecular weight is 338 g/mol. The highest BCUT2D eigenvalue weighted by atomic mass is 16.2. The number of piperidine rings is 1. The van der Waals surface area contributed by atoms with Gasteiger partial charge >= 0.3 is 0 Å². The molecular formula is C20H26N4O. The molecule has 1 aliphatic carbocycles. The molecule has 2 heterocycles. The summed E-state index contributed by atoms with van der Waals surface area (Å²) >= 11 is 0. The first-order valence-corrected chi connectivity index (χ1v) is 9.46. The summed E-state index contributed by atoms with van der Waals surface area (Å²) in [6, 6.07) is 10.3. The second kappa shape index (κ2) is 6.62. The van der Waals surface area contributed by atoms with Gasteiger partial charge in [-0.3, -0.25) is 9.89 Å². The molecule has 1 saturated heterocycles. The molecule has 1 amide bonds. The Balaban J connectivity index is 1.35. The van der Waals surface area contributed by atoms with Crippen LogP contribution >= 0.6 is 0 Å². The Hall–Kier alpha value is -2.17. The van der Waals surface area contributed by atoms with E-state index >= 15 is 0 Å². The van der Waals surface area contributed by atoms with E-state index in [4.69, 9.17) is 0 Å². The van der Waals surface area contributed by atoms with E-state index < -0.39 is 0 Å². The van der Waals surface area contributed by atoms with Crippen molar-refractivity contribution in [1.82, 2.24) is 20.1 Å². The van der Waals surface area contributed by atoms with Crippen LogP contribution in [0.3, 0.4) is 0 Å². The summed E-state index contributed by atoms with van der Waals surface area (Å²) in [5.41, 5.74) is 0.964. The zero-order valence-electron chi connectivity index (χ0n) is 14.9. The van der Waals surface area contributed by atoms with Crippen LogP contribution in [0, 0.1) is 5.92 Å². The van der Waals surface area contributed by atoms with Gasteiger partial charge in [0, 0.05) is 25.9 Å². The number of aromatic nitrogens is 3. The molecule has 0 spiro atoms. The highest BCUT2D eigenvalue weighted by molar-refractivity contribution is 5.91. The Kier molecular flexibility index (Phi) is 4.32. The van der Waals surface area contributed by atoms with E-state index in [1.807, 2.05) is 18.2 Å². The molecule has 2 aliphatic rings. The number of nitrogens with one attached hydrogen (secondary N) is 1. The number of aromatic amines is 1. The van der Waals surface area contributed by atoms with Crippen LogP contribution in [0.15, 0.2) is 30.3 Å². The van der Waals surface area contributed by atoms with Gasteiger partial charge in [-0.1, -0.05) is 37.3 Å². The Morgan fingerprint density at radius 3 is 2.56 bits per heavy atom. The molecule has 5 heteroatoms. The van der Waals surface area contributed by atoms with Crippen molar-refractivity contribution in [3.63, 3.8) is 0 Å². The number of likely N-dealkylation sites (tertiary alicyclic amines) is 1. The molecule has 132 valence electrons. The van der Waals surface area contributed by atoms with Crippen LogP contribution < -0.4 is 0 Å². The van der Waals surface area contributed by atoms with E-state index in [9.17, 15) is 4.79 Å². The number of carbonyl (C=O) groups excluding carboxylic acids is 1. The summed E-state index contributed by atoms with van der Waals surface area (Å²) in [5.74, 6) is 2.81. The minimum absolute atomic E-state index is 0.227. The first-order valence-electron chi connectivity index (χ1n) is 9.46. The van der Waals surface area contributed by atoms with E-state index in [1.54, 1.807) is 0 Å². The van der Waals surface area contributed by atoms with Crippen LogP contribution in [0.5, 0.6) is 0 Å². The van der Waals surface area contributed by atoms with Crippen molar-refractivity contribution in [2.75, 3.05) is 13.1 Å². The zero-order chi connectivity index (χ0) is 17.3. The van der Waals surface area contributed by atoms with Crippen molar-refractivity contribution in [2.45, 2.75) is 50.9 Å². The lowest BCUT2D eigenvalue weighted by molar-refractivity contribution is -0.135. The fraction of sp³-hybridized carbons (Fsp3) is 0.550. The van der Waals surface area contributed by atoms with Gasteiger partial charge in [-0.25, -0.2) is 4.98 Å². The average Bonchev–Trinajstić information content (AvgIpc) is 3.36. The minimum Gasteiger partial charge on any atom is -0.342 e. The third-order valence-corrected chi connectivity index (χ3v) is 5.76. The minimum atomic E-state index is -0.227. The molecule has 2 aromatic rings. The number of carbonyl (C=O) groups is 1. The number of H-pyrrole nitrogens is 1. The Bertz CT molecular complexity index is 727. The summed E-state index contributed by atoms with van der Waals surface area (Å²) in [4.78, 5) is 19.7. The van der Waals surface area contributed by atoms with Crippen LogP contribution in [0.1, 0.15) is 49.8 Å².